The lowest BCUT2D eigenvalue weighted by Gasteiger charge is -2.27. The lowest BCUT2D eigenvalue weighted by Crippen LogP contribution is -2.42. The number of nitrogens with one attached hydrogen (secondary N) is 1. The maximum atomic E-state index is 12.1. The minimum absolute atomic E-state index is 0.203. The number of amides is 1. The van der Waals surface area contributed by atoms with Crippen LogP contribution in [-0.4, -0.2) is 42.3 Å². The summed E-state index contributed by atoms with van der Waals surface area (Å²) in [6, 6.07) is 0.620. The van der Waals surface area contributed by atoms with Crippen molar-refractivity contribution in [2.45, 2.75) is 91.2 Å². The fourth-order valence-electron chi connectivity index (χ4n) is 3.39. The van der Waals surface area contributed by atoms with E-state index in [1.54, 1.807) is 4.90 Å². The highest BCUT2D eigenvalue weighted by atomic mass is 16.6. The Kier molecular flexibility index (Phi) is 8.96. The van der Waals surface area contributed by atoms with Gasteiger partial charge in [0, 0.05) is 25.7 Å². The van der Waals surface area contributed by atoms with Crippen molar-refractivity contribution in [2.75, 3.05) is 19.6 Å². The van der Waals surface area contributed by atoms with Crippen molar-refractivity contribution in [1.29, 1.82) is 0 Å². The molecule has 4 heteroatoms. The second kappa shape index (κ2) is 10.2. The molecule has 0 saturated heterocycles. The lowest BCUT2D eigenvalue weighted by atomic mass is 9.95. The summed E-state index contributed by atoms with van der Waals surface area (Å²) in [7, 11) is 0. The van der Waals surface area contributed by atoms with E-state index in [2.05, 4.69) is 12.2 Å². The summed E-state index contributed by atoms with van der Waals surface area (Å²) in [6.07, 6.45) is 9.14. The highest BCUT2D eigenvalue weighted by molar-refractivity contribution is 5.68. The minimum atomic E-state index is -0.423. The number of carbonyl (C=O) groups excluding carboxylic acids is 1. The van der Waals surface area contributed by atoms with Crippen LogP contribution in [0.3, 0.4) is 0 Å². The number of likely N-dealkylation sites (N-methyl/N-ethyl adjacent to an activating group) is 1. The van der Waals surface area contributed by atoms with Crippen LogP contribution >= 0.6 is 0 Å². The molecule has 0 aromatic carbocycles. The molecule has 0 bridgehead atoms. The molecule has 0 aliphatic heterocycles. The zero-order valence-corrected chi connectivity index (χ0v) is 16.0. The average Bonchev–Trinajstić information content (AvgIpc) is 2.67. The molecule has 1 saturated carbocycles. The van der Waals surface area contributed by atoms with E-state index >= 15 is 0 Å². The van der Waals surface area contributed by atoms with Crippen molar-refractivity contribution in [3.63, 3.8) is 0 Å². The molecule has 0 spiro atoms. The van der Waals surface area contributed by atoms with Gasteiger partial charge < -0.3 is 15.0 Å². The Morgan fingerprint density at radius 2 is 1.91 bits per heavy atom. The van der Waals surface area contributed by atoms with Crippen molar-refractivity contribution < 1.29 is 9.53 Å². The monoisotopic (exact) mass is 326 g/mol. The van der Waals surface area contributed by atoms with Gasteiger partial charge in [-0.1, -0.05) is 32.6 Å². The van der Waals surface area contributed by atoms with Crippen LogP contribution in [-0.2, 0) is 4.74 Å². The Balaban J connectivity index is 2.30. The minimum Gasteiger partial charge on any atom is -0.444 e. The Bertz CT molecular complexity index is 339. The van der Waals surface area contributed by atoms with Crippen LogP contribution in [0, 0.1) is 5.92 Å². The van der Waals surface area contributed by atoms with Crippen molar-refractivity contribution >= 4 is 6.09 Å². The normalized spacial score (nSPS) is 22.5. The summed E-state index contributed by atoms with van der Waals surface area (Å²) in [4.78, 5) is 13.9. The lowest BCUT2D eigenvalue weighted by molar-refractivity contribution is 0.0260. The van der Waals surface area contributed by atoms with Gasteiger partial charge in [0.2, 0.25) is 0 Å². The Morgan fingerprint density at radius 1 is 1.17 bits per heavy atom. The molecule has 1 N–H and O–H groups in total. The molecule has 136 valence electrons. The zero-order valence-electron chi connectivity index (χ0n) is 16.0. The first-order chi connectivity index (χ1) is 10.9. The Labute approximate surface area is 143 Å². The van der Waals surface area contributed by atoms with Crippen LogP contribution in [0.1, 0.15) is 79.6 Å². The Hall–Kier alpha value is -0.770. The molecule has 0 aromatic heterocycles. The first-order valence-electron chi connectivity index (χ1n) is 9.57. The van der Waals surface area contributed by atoms with Gasteiger partial charge in [0.1, 0.15) is 5.60 Å². The molecule has 1 aliphatic rings. The summed E-state index contributed by atoms with van der Waals surface area (Å²) < 4.78 is 5.45. The third-order valence-corrected chi connectivity index (χ3v) is 4.63. The molecule has 2 unspecified atom stereocenters. The predicted molar refractivity (Wildman–Crippen MR) is 96.8 cm³/mol. The maximum Gasteiger partial charge on any atom is 0.410 e. The molecule has 0 heterocycles. The molecule has 4 nitrogen and oxygen atoms in total. The quantitative estimate of drug-likeness (QED) is 0.696. The molecule has 1 aliphatic carbocycles. The van der Waals surface area contributed by atoms with E-state index in [1.165, 1.54) is 44.9 Å². The molecule has 2 atom stereocenters. The summed E-state index contributed by atoms with van der Waals surface area (Å²) >= 11 is 0. The first-order valence-corrected chi connectivity index (χ1v) is 9.57. The van der Waals surface area contributed by atoms with Crippen molar-refractivity contribution in [3.8, 4) is 0 Å². The van der Waals surface area contributed by atoms with Crippen LogP contribution in [0.5, 0.6) is 0 Å². The third kappa shape index (κ3) is 8.59. The van der Waals surface area contributed by atoms with Gasteiger partial charge in [-0.05, 0) is 52.9 Å². The van der Waals surface area contributed by atoms with E-state index < -0.39 is 5.60 Å². The van der Waals surface area contributed by atoms with E-state index in [4.69, 9.17) is 4.74 Å². The standard InChI is InChI=1S/C19H38N2O2/c1-6-9-16-10-8-11-17(13-12-16)20-14-15-21(7-2)18(22)23-19(3,4)5/h16-17,20H,6-15H2,1-5H3. The van der Waals surface area contributed by atoms with Gasteiger partial charge in [0.25, 0.3) is 0 Å². The smallest absolute Gasteiger partial charge is 0.410 e. The van der Waals surface area contributed by atoms with Gasteiger partial charge in [-0.3, -0.25) is 0 Å². The molecule has 0 aromatic rings. The highest BCUT2D eigenvalue weighted by Crippen LogP contribution is 2.26. The van der Waals surface area contributed by atoms with Gasteiger partial charge in [-0.15, -0.1) is 0 Å². The summed E-state index contributed by atoms with van der Waals surface area (Å²) in [5.74, 6) is 0.931. The van der Waals surface area contributed by atoms with Crippen molar-refractivity contribution in [1.82, 2.24) is 10.2 Å². The van der Waals surface area contributed by atoms with Crippen LogP contribution < -0.4 is 5.32 Å². The van der Waals surface area contributed by atoms with Crippen LogP contribution in [0.4, 0.5) is 4.79 Å². The van der Waals surface area contributed by atoms with Gasteiger partial charge in [0.15, 0.2) is 0 Å². The van der Waals surface area contributed by atoms with E-state index in [1.807, 2.05) is 27.7 Å². The molecule has 23 heavy (non-hydrogen) atoms. The third-order valence-electron chi connectivity index (χ3n) is 4.63. The van der Waals surface area contributed by atoms with E-state index in [9.17, 15) is 4.79 Å². The number of hydrogen-bond acceptors (Lipinski definition) is 3. The van der Waals surface area contributed by atoms with Gasteiger partial charge in [-0.2, -0.15) is 0 Å². The van der Waals surface area contributed by atoms with Crippen molar-refractivity contribution in [2.24, 2.45) is 5.92 Å². The number of ether oxygens (including phenoxy) is 1. The van der Waals surface area contributed by atoms with Crippen LogP contribution in [0.15, 0.2) is 0 Å². The van der Waals surface area contributed by atoms with Crippen LogP contribution in [0.25, 0.3) is 0 Å². The van der Waals surface area contributed by atoms with E-state index in [0.29, 0.717) is 12.6 Å². The SMILES string of the molecule is CCCC1CCCC(NCCN(CC)C(=O)OC(C)(C)C)CC1. The largest absolute Gasteiger partial charge is 0.444 e. The second-order valence-corrected chi connectivity index (χ2v) is 7.87. The number of rotatable bonds is 7. The molecular formula is C19H38N2O2. The number of carbonyl (C=O) groups is 1. The average molecular weight is 327 g/mol. The molecule has 1 fully saturated rings. The van der Waals surface area contributed by atoms with Gasteiger partial charge >= 0.3 is 6.09 Å². The molecule has 0 radical (unpaired) electrons. The fourth-order valence-corrected chi connectivity index (χ4v) is 3.39. The molecular weight excluding hydrogens is 288 g/mol. The highest BCUT2D eigenvalue weighted by Gasteiger charge is 2.22. The summed E-state index contributed by atoms with van der Waals surface area (Å²) in [6.45, 7) is 12.3. The fraction of sp³-hybridized carbons (Fsp3) is 0.947. The van der Waals surface area contributed by atoms with Gasteiger partial charge in [-0.25, -0.2) is 4.79 Å². The topological polar surface area (TPSA) is 41.6 Å². The zero-order chi connectivity index (χ0) is 17.3. The number of hydrogen-bond donors (Lipinski definition) is 1. The van der Waals surface area contributed by atoms with Crippen molar-refractivity contribution in [3.05, 3.63) is 0 Å². The van der Waals surface area contributed by atoms with Gasteiger partial charge in [0.05, 0.1) is 0 Å². The summed E-state index contributed by atoms with van der Waals surface area (Å²) in [5, 5.41) is 3.66. The first kappa shape index (κ1) is 20.3. The van der Waals surface area contributed by atoms with E-state index in [0.717, 1.165) is 19.0 Å². The predicted octanol–water partition coefficient (Wildman–Crippen LogP) is 4.58. The number of nitrogens with zero attached hydrogens (tertiary/aromatic N) is 1. The summed E-state index contributed by atoms with van der Waals surface area (Å²) in [5.41, 5.74) is -0.423. The Morgan fingerprint density at radius 3 is 2.52 bits per heavy atom. The van der Waals surface area contributed by atoms with E-state index in [-0.39, 0.29) is 6.09 Å². The molecule has 1 rings (SSSR count). The second-order valence-electron chi connectivity index (χ2n) is 7.87. The van der Waals surface area contributed by atoms with Crippen LogP contribution in [0.2, 0.25) is 0 Å². The maximum absolute atomic E-state index is 12.1. The molecule has 1 amide bonds.